The Balaban J connectivity index is 1.59. The number of aryl methyl sites for hydroxylation is 1. The Morgan fingerprint density at radius 3 is 2.59 bits per heavy atom. The number of nitrogens with zero attached hydrogens (tertiary/aromatic N) is 4. The van der Waals surface area contributed by atoms with Gasteiger partial charge in [-0.25, -0.2) is 14.1 Å². The molecule has 0 unspecified atom stereocenters. The number of hydrogen-bond acceptors (Lipinski definition) is 5. The minimum Gasteiger partial charge on any atom is -0.325 e. The van der Waals surface area contributed by atoms with Gasteiger partial charge in [-0.1, -0.05) is 68.1 Å². The molecule has 34 heavy (non-hydrogen) atoms. The summed E-state index contributed by atoms with van der Waals surface area (Å²) < 4.78 is 3.32. The highest BCUT2D eigenvalue weighted by atomic mass is 32.2. The minimum absolute atomic E-state index is 0.0930. The van der Waals surface area contributed by atoms with E-state index in [1.54, 1.807) is 9.08 Å². The lowest BCUT2D eigenvalue weighted by molar-refractivity contribution is -0.113. The van der Waals surface area contributed by atoms with Crippen LogP contribution in [0.3, 0.4) is 0 Å². The molecular weight excluding hydrogens is 446 g/mol. The van der Waals surface area contributed by atoms with Gasteiger partial charge >= 0.3 is 0 Å². The second kappa shape index (κ2) is 8.76. The van der Waals surface area contributed by atoms with Crippen LogP contribution in [-0.4, -0.2) is 30.8 Å². The van der Waals surface area contributed by atoms with Crippen molar-refractivity contribution in [1.29, 1.82) is 0 Å². The van der Waals surface area contributed by atoms with Gasteiger partial charge in [-0.15, -0.1) is 5.10 Å². The predicted octanol–water partition coefficient (Wildman–Crippen LogP) is 4.53. The van der Waals surface area contributed by atoms with E-state index in [-0.39, 0.29) is 22.6 Å². The number of aromatic nitrogens is 4. The average Bonchev–Trinajstić information content (AvgIpc) is 3.21. The molecule has 0 saturated heterocycles. The quantitative estimate of drug-likeness (QED) is 0.416. The monoisotopic (exact) mass is 473 g/mol. The van der Waals surface area contributed by atoms with Gasteiger partial charge in [-0.2, -0.15) is 0 Å². The SMILES string of the molecule is CCn1nc(SCC(=O)Nc2ccccc2)n2c(=O)c3c(nc12)-c1ccccc1C[C@@]3(C)CC. The van der Waals surface area contributed by atoms with Gasteiger partial charge in [0, 0.05) is 23.2 Å². The zero-order valence-electron chi connectivity index (χ0n) is 19.5. The van der Waals surface area contributed by atoms with Gasteiger partial charge < -0.3 is 5.32 Å². The third-order valence-electron chi connectivity index (χ3n) is 6.62. The van der Waals surface area contributed by atoms with E-state index in [2.05, 4.69) is 30.3 Å². The van der Waals surface area contributed by atoms with E-state index in [0.717, 1.165) is 35.3 Å². The fourth-order valence-corrected chi connectivity index (χ4v) is 5.44. The molecule has 2 heterocycles. The van der Waals surface area contributed by atoms with Gasteiger partial charge in [0.2, 0.25) is 11.7 Å². The molecule has 0 spiro atoms. The van der Waals surface area contributed by atoms with Gasteiger partial charge in [-0.05, 0) is 37.5 Å². The van der Waals surface area contributed by atoms with Crippen LogP contribution in [0, 0.1) is 0 Å². The molecule has 4 aromatic rings. The summed E-state index contributed by atoms with van der Waals surface area (Å²) >= 11 is 1.25. The van der Waals surface area contributed by atoms with E-state index in [4.69, 9.17) is 4.98 Å². The van der Waals surface area contributed by atoms with Crippen LogP contribution in [0.5, 0.6) is 0 Å². The number of nitrogens with one attached hydrogen (secondary N) is 1. The number of rotatable bonds is 6. The average molecular weight is 474 g/mol. The summed E-state index contributed by atoms with van der Waals surface area (Å²) in [6.45, 7) is 6.80. The summed E-state index contributed by atoms with van der Waals surface area (Å²) in [5.74, 6) is 0.497. The highest BCUT2D eigenvalue weighted by Crippen LogP contribution is 2.42. The van der Waals surface area contributed by atoms with Gasteiger partial charge in [0.05, 0.1) is 17.0 Å². The van der Waals surface area contributed by atoms with Crippen molar-refractivity contribution in [2.45, 2.75) is 50.7 Å². The second-order valence-corrected chi connectivity index (χ2v) is 9.77. The largest absolute Gasteiger partial charge is 0.325 e. The first kappa shape index (κ1) is 22.4. The van der Waals surface area contributed by atoms with Crippen molar-refractivity contribution in [3.63, 3.8) is 0 Å². The summed E-state index contributed by atoms with van der Waals surface area (Å²) in [5.41, 5.74) is 4.04. The lowest BCUT2D eigenvalue weighted by Gasteiger charge is -2.35. The van der Waals surface area contributed by atoms with Crippen LogP contribution in [0.4, 0.5) is 5.69 Å². The van der Waals surface area contributed by atoms with Crippen molar-refractivity contribution >= 4 is 29.1 Å². The third kappa shape index (κ3) is 3.72. The number of amides is 1. The van der Waals surface area contributed by atoms with Crippen molar-refractivity contribution in [2.75, 3.05) is 11.1 Å². The van der Waals surface area contributed by atoms with Crippen molar-refractivity contribution < 1.29 is 4.79 Å². The summed E-state index contributed by atoms with van der Waals surface area (Å²) in [4.78, 5) is 31.5. The number of carbonyl (C=O) groups excluding carboxylic acids is 1. The molecule has 1 N–H and O–H groups in total. The number of anilines is 1. The van der Waals surface area contributed by atoms with E-state index in [9.17, 15) is 9.59 Å². The first-order valence-corrected chi connectivity index (χ1v) is 12.5. The molecule has 8 heteroatoms. The zero-order valence-corrected chi connectivity index (χ0v) is 20.4. The van der Waals surface area contributed by atoms with Gasteiger partial charge in [0.1, 0.15) is 0 Å². The first-order chi connectivity index (χ1) is 16.4. The highest BCUT2D eigenvalue weighted by molar-refractivity contribution is 7.99. The van der Waals surface area contributed by atoms with Gasteiger partial charge in [-0.3, -0.25) is 9.59 Å². The van der Waals surface area contributed by atoms with Crippen LogP contribution in [0.2, 0.25) is 0 Å². The maximum atomic E-state index is 14.0. The molecule has 0 bridgehead atoms. The van der Waals surface area contributed by atoms with Crippen LogP contribution < -0.4 is 10.9 Å². The van der Waals surface area contributed by atoms with E-state index < -0.39 is 0 Å². The molecular formula is C26H27N5O2S. The maximum absolute atomic E-state index is 14.0. The Kier molecular flexibility index (Phi) is 5.77. The van der Waals surface area contributed by atoms with Crippen LogP contribution in [0.25, 0.3) is 17.0 Å². The second-order valence-electron chi connectivity index (χ2n) is 8.83. The number of carbonyl (C=O) groups is 1. The van der Waals surface area contributed by atoms with E-state index >= 15 is 0 Å². The maximum Gasteiger partial charge on any atom is 0.265 e. The molecule has 0 fully saturated rings. The number of thioether (sulfide) groups is 1. The molecule has 1 atom stereocenters. The number of fused-ring (bicyclic) bond motifs is 4. The topological polar surface area (TPSA) is 81.3 Å². The van der Waals surface area contributed by atoms with Crippen molar-refractivity contribution in [3.05, 3.63) is 76.1 Å². The fourth-order valence-electron chi connectivity index (χ4n) is 4.66. The molecule has 174 valence electrons. The van der Waals surface area contributed by atoms with Crippen LogP contribution in [-0.2, 0) is 23.2 Å². The lowest BCUT2D eigenvalue weighted by Crippen LogP contribution is -2.38. The molecule has 2 aromatic carbocycles. The fraction of sp³-hybridized carbons (Fsp3) is 0.308. The third-order valence-corrected chi connectivity index (χ3v) is 7.55. The van der Waals surface area contributed by atoms with Crippen LogP contribution >= 0.6 is 11.8 Å². The Morgan fingerprint density at radius 2 is 1.85 bits per heavy atom. The smallest absolute Gasteiger partial charge is 0.265 e. The van der Waals surface area contributed by atoms with Gasteiger partial charge in [0.25, 0.3) is 5.56 Å². The highest BCUT2D eigenvalue weighted by Gasteiger charge is 2.38. The summed E-state index contributed by atoms with van der Waals surface area (Å²) in [5, 5.41) is 8.01. The molecule has 0 radical (unpaired) electrons. The summed E-state index contributed by atoms with van der Waals surface area (Å²) in [7, 11) is 0. The minimum atomic E-state index is -0.324. The molecule has 1 amide bonds. The molecule has 1 aliphatic rings. The number of benzene rings is 2. The molecule has 0 saturated carbocycles. The standard InChI is InChI=1S/C26H27N5O2S/c1-4-26(3)15-17-11-9-10-14-19(17)22-21(26)23(33)31-24(28-22)30(5-2)29-25(31)34-16-20(32)27-18-12-7-6-8-13-18/h6-14H,4-5,15-16H2,1-3H3,(H,27,32)/t26-/m1/s1. The first-order valence-electron chi connectivity index (χ1n) is 11.5. The molecule has 1 aliphatic carbocycles. The van der Waals surface area contributed by atoms with E-state index in [0.29, 0.717) is 17.5 Å². The van der Waals surface area contributed by atoms with E-state index in [1.807, 2.05) is 55.5 Å². The summed E-state index contributed by atoms with van der Waals surface area (Å²) in [6.07, 6.45) is 1.61. The van der Waals surface area contributed by atoms with Crippen molar-refractivity contribution in [1.82, 2.24) is 19.2 Å². The Bertz CT molecular complexity index is 1440. The number of hydrogen-bond donors (Lipinski definition) is 1. The predicted molar refractivity (Wildman–Crippen MR) is 135 cm³/mol. The summed E-state index contributed by atoms with van der Waals surface area (Å²) in [6, 6.07) is 17.5. The van der Waals surface area contributed by atoms with Crippen LogP contribution in [0.1, 0.15) is 38.3 Å². The van der Waals surface area contributed by atoms with Gasteiger partial charge in [0.15, 0.2) is 5.16 Å². The molecule has 0 aliphatic heterocycles. The molecule has 5 rings (SSSR count). The molecule has 2 aromatic heterocycles. The lowest BCUT2D eigenvalue weighted by atomic mass is 9.69. The van der Waals surface area contributed by atoms with Crippen LogP contribution in [0.15, 0.2) is 64.5 Å². The normalized spacial score (nSPS) is 16.8. The molecule has 7 nitrogen and oxygen atoms in total. The Morgan fingerprint density at radius 1 is 1.12 bits per heavy atom. The van der Waals surface area contributed by atoms with Crippen molar-refractivity contribution in [2.24, 2.45) is 0 Å². The van der Waals surface area contributed by atoms with Crippen molar-refractivity contribution in [3.8, 4) is 11.3 Å². The Hall–Kier alpha value is -3.39. The zero-order chi connectivity index (χ0) is 23.9. The Labute approximate surface area is 202 Å². The number of para-hydroxylation sites is 1. The van der Waals surface area contributed by atoms with E-state index in [1.165, 1.54) is 17.3 Å².